The molecule has 0 radical (unpaired) electrons. The first-order valence-corrected chi connectivity index (χ1v) is 5.95. The van der Waals surface area contributed by atoms with Crippen LogP contribution in [0, 0.1) is 6.92 Å². The number of aromatic nitrogens is 2. The van der Waals surface area contributed by atoms with E-state index in [1.165, 1.54) is 0 Å². The van der Waals surface area contributed by atoms with Crippen LogP contribution in [0.5, 0.6) is 0 Å². The van der Waals surface area contributed by atoms with Crippen molar-refractivity contribution in [3.8, 4) is 0 Å². The molecule has 1 amide bonds. The van der Waals surface area contributed by atoms with E-state index in [9.17, 15) is 4.79 Å². The molecular formula is C12H20N4O. The minimum Gasteiger partial charge on any atom is -0.331 e. The lowest BCUT2D eigenvalue weighted by atomic mass is 9.99. The molecule has 1 aromatic heterocycles. The fourth-order valence-corrected chi connectivity index (χ4v) is 2.21. The monoisotopic (exact) mass is 236 g/mol. The van der Waals surface area contributed by atoms with Gasteiger partial charge in [0, 0.05) is 32.4 Å². The maximum absolute atomic E-state index is 12.5. The largest absolute Gasteiger partial charge is 0.331 e. The van der Waals surface area contributed by atoms with Crippen LogP contribution in [0.3, 0.4) is 0 Å². The Bertz CT molecular complexity index is 436. The van der Waals surface area contributed by atoms with Crippen LogP contribution in [0.4, 0.5) is 0 Å². The first-order valence-electron chi connectivity index (χ1n) is 5.95. The summed E-state index contributed by atoms with van der Waals surface area (Å²) in [5, 5.41) is 7.45. The first-order chi connectivity index (χ1) is 7.93. The summed E-state index contributed by atoms with van der Waals surface area (Å²) >= 11 is 0. The molecule has 0 unspecified atom stereocenters. The first kappa shape index (κ1) is 12.1. The van der Waals surface area contributed by atoms with Crippen molar-refractivity contribution < 1.29 is 4.79 Å². The van der Waals surface area contributed by atoms with Gasteiger partial charge in [-0.25, -0.2) is 0 Å². The summed E-state index contributed by atoms with van der Waals surface area (Å²) in [6.07, 6.45) is 1.66. The standard InChI is InChI=1S/C12H20N4O/c1-9-10(7-14-15(9)4)11(17)16-6-5-13-8-12(16,2)3/h7,13H,5-6,8H2,1-4H3. The lowest BCUT2D eigenvalue weighted by molar-refractivity contribution is 0.0476. The van der Waals surface area contributed by atoms with Crippen LogP contribution in [0.2, 0.25) is 0 Å². The second kappa shape index (κ2) is 4.14. The van der Waals surface area contributed by atoms with E-state index in [1.54, 1.807) is 10.9 Å². The van der Waals surface area contributed by atoms with E-state index in [0.717, 1.165) is 25.3 Å². The zero-order valence-electron chi connectivity index (χ0n) is 10.9. The molecule has 0 spiro atoms. The van der Waals surface area contributed by atoms with Gasteiger partial charge >= 0.3 is 0 Å². The van der Waals surface area contributed by atoms with E-state index in [1.807, 2.05) is 18.9 Å². The Kier molecular flexibility index (Phi) is 2.95. The molecule has 0 saturated carbocycles. The van der Waals surface area contributed by atoms with Crippen LogP contribution in [-0.4, -0.2) is 45.8 Å². The quantitative estimate of drug-likeness (QED) is 0.775. The molecule has 5 heteroatoms. The highest BCUT2D eigenvalue weighted by atomic mass is 16.2. The van der Waals surface area contributed by atoms with Crippen molar-refractivity contribution in [3.05, 3.63) is 17.5 Å². The second-order valence-electron chi connectivity index (χ2n) is 5.21. The van der Waals surface area contributed by atoms with Gasteiger partial charge in [0.05, 0.1) is 17.3 Å². The molecule has 2 rings (SSSR count). The van der Waals surface area contributed by atoms with Gasteiger partial charge in [0.1, 0.15) is 0 Å². The average molecular weight is 236 g/mol. The van der Waals surface area contributed by atoms with Gasteiger partial charge in [-0.2, -0.15) is 5.10 Å². The maximum Gasteiger partial charge on any atom is 0.257 e. The van der Waals surface area contributed by atoms with Crippen molar-refractivity contribution in [1.82, 2.24) is 20.0 Å². The van der Waals surface area contributed by atoms with Crippen molar-refractivity contribution >= 4 is 5.91 Å². The minimum absolute atomic E-state index is 0.0853. The van der Waals surface area contributed by atoms with E-state index in [-0.39, 0.29) is 11.4 Å². The Balaban J connectivity index is 2.28. The van der Waals surface area contributed by atoms with E-state index in [4.69, 9.17) is 0 Å². The number of carbonyl (C=O) groups is 1. The third-order valence-electron chi connectivity index (χ3n) is 3.51. The van der Waals surface area contributed by atoms with Crippen molar-refractivity contribution in [3.63, 3.8) is 0 Å². The van der Waals surface area contributed by atoms with Crippen molar-refractivity contribution in [1.29, 1.82) is 0 Å². The van der Waals surface area contributed by atoms with Gasteiger partial charge < -0.3 is 10.2 Å². The predicted octanol–water partition coefficient (Wildman–Crippen LogP) is 0.553. The summed E-state index contributed by atoms with van der Waals surface area (Å²) in [5.74, 6) is 0.0853. The van der Waals surface area contributed by atoms with Gasteiger partial charge in [0.2, 0.25) is 0 Å². The van der Waals surface area contributed by atoms with Gasteiger partial charge in [-0.3, -0.25) is 9.48 Å². The third-order valence-corrected chi connectivity index (χ3v) is 3.51. The number of nitrogens with one attached hydrogen (secondary N) is 1. The predicted molar refractivity (Wildman–Crippen MR) is 65.9 cm³/mol. The highest BCUT2D eigenvalue weighted by Gasteiger charge is 2.34. The molecule has 17 heavy (non-hydrogen) atoms. The van der Waals surface area contributed by atoms with Gasteiger partial charge in [-0.15, -0.1) is 0 Å². The van der Waals surface area contributed by atoms with Gasteiger partial charge in [0.25, 0.3) is 5.91 Å². The average Bonchev–Trinajstić information content (AvgIpc) is 2.58. The number of hydrogen-bond acceptors (Lipinski definition) is 3. The number of carbonyl (C=O) groups excluding carboxylic acids is 1. The summed E-state index contributed by atoms with van der Waals surface area (Å²) < 4.78 is 1.74. The minimum atomic E-state index is -0.141. The van der Waals surface area contributed by atoms with Gasteiger partial charge in [0.15, 0.2) is 0 Å². The van der Waals surface area contributed by atoms with E-state index in [2.05, 4.69) is 24.3 Å². The highest BCUT2D eigenvalue weighted by Crippen LogP contribution is 2.20. The summed E-state index contributed by atoms with van der Waals surface area (Å²) in [7, 11) is 1.86. The van der Waals surface area contributed by atoms with Crippen molar-refractivity contribution in [2.75, 3.05) is 19.6 Å². The summed E-state index contributed by atoms with van der Waals surface area (Å²) in [5.41, 5.74) is 1.49. The molecule has 0 aromatic carbocycles. The Morgan fingerprint density at radius 3 is 2.76 bits per heavy atom. The van der Waals surface area contributed by atoms with Gasteiger partial charge in [-0.1, -0.05) is 0 Å². The van der Waals surface area contributed by atoms with Crippen LogP contribution < -0.4 is 5.32 Å². The molecule has 1 N–H and O–H groups in total. The molecule has 0 aliphatic carbocycles. The molecule has 0 atom stereocenters. The Hall–Kier alpha value is -1.36. The smallest absolute Gasteiger partial charge is 0.257 e. The Labute approximate surface area is 102 Å². The van der Waals surface area contributed by atoms with Crippen LogP contribution in [0.15, 0.2) is 6.20 Å². The van der Waals surface area contributed by atoms with Crippen LogP contribution in [0.25, 0.3) is 0 Å². The van der Waals surface area contributed by atoms with Crippen LogP contribution >= 0.6 is 0 Å². The van der Waals surface area contributed by atoms with Gasteiger partial charge in [-0.05, 0) is 20.8 Å². The molecule has 94 valence electrons. The SMILES string of the molecule is Cc1c(C(=O)N2CCNCC2(C)C)cnn1C. The maximum atomic E-state index is 12.5. The lowest BCUT2D eigenvalue weighted by Gasteiger charge is -2.42. The zero-order valence-corrected chi connectivity index (χ0v) is 10.9. The Morgan fingerprint density at radius 1 is 1.53 bits per heavy atom. The second-order valence-corrected chi connectivity index (χ2v) is 5.21. The molecule has 1 saturated heterocycles. The number of rotatable bonds is 1. The van der Waals surface area contributed by atoms with Crippen molar-refractivity contribution in [2.24, 2.45) is 7.05 Å². The Morgan fingerprint density at radius 2 is 2.24 bits per heavy atom. The molecule has 1 aliphatic rings. The number of aryl methyl sites for hydroxylation is 1. The molecular weight excluding hydrogens is 216 g/mol. The summed E-state index contributed by atoms with van der Waals surface area (Å²) in [6, 6.07) is 0. The zero-order chi connectivity index (χ0) is 12.6. The fraction of sp³-hybridized carbons (Fsp3) is 0.667. The van der Waals surface area contributed by atoms with E-state index < -0.39 is 0 Å². The topological polar surface area (TPSA) is 50.2 Å². The molecule has 0 bridgehead atoms. The summed E-state index contributed by atoms with van der Waals surface area (Å²) in [4.78, 5) is 14.4. The summed E-state index contributed by atoms with van der Waals surface area (Å²) in [6.45, 7) is 8.54. The molecule has 1 aromatic rings. The fourth-order valence-electron chi connectivity index (χ4n) is 2.21. The van der Waals surface area contributed by atoms with E-state index >= 15 is 0 Å². The lowest BCUT2D eigenvalue weighted by Crippen LogP contribution is -2.59. The number of nitrogens with zero attached hydrogens (tertiary/aromatic N) is 3. The number of amides is 1. The molecule has 1 fully saturated rings. The van der Waals surface area contributed by atoms with Crippen molar-refractivity contribution in [2.45, 2.75) is 26.3 Å². The molecule has 1 aliphatic heterocycles. The third kappa shape index (κ3) is 2.07. The highest BCUT2D eigenvalue weighted by molar-refractivity contribution is 5.95. The van der Waals surface area contributed by atoms with Crippen LogP contribution in [0.1, 0.15) is 29.9 Å². The number of hydrogen-bond donors (Lipinski definition) is 1. The molecule has 2 heterocycles. The molecule has 5 nitrogen and oxygen atoms in total. The van der Waals surface area contributed by atoms with E-state index in [0.29, 0.717) is 5.56 Å². The normalized spacial score (nSPS) is 19.4. The number of piperazine rings is 1. The van der Waals surface area contributed by atoms with Crippen LogP contribution in [-0.2, 0) is 7.05 Å².